The summed E-state index contributed by atoms with van der Waals surface area (Å²) in [7, 11) is 1.63. The highest BCUT2D eigenvalue weighted by Gasteiger charge is 2.19. The third-order valence-electron chi connectivity index (χ3n) is 4.34. The maximum Gasteiger partial charge on any atom is 0.252 e. The van der Waals surface area contributed by atoms with Gasteiger partial charge in [-0.3, -0.25) is 14.5 Å². The lowest BCUT2D eigenvalue weighted by molar-refractivity contribution is -0.130. The molecule has 122 valence electrons. The monoisotopic (exact) mass is 315 g/mol. The van der Waals surface area contributed by atoms with Gasteiger partial charge in [-0.25, -0.2) is 0 Å². The average molecular weight is 315 g/mol. The van der Waals surface area contributed by atoms with Crippen LogP contribution in [0.1, 0.15) is 12.5 Å². The summed E-state index contributed by atoms with van der Waals surface area (Å²) >= 11 is 0. The zero-order chi connectivity index (χ0) is 16.4. The summed E-state index contributed by atoms with van der Waals surface area (Å²) in [6, 6.07) is 7.53. The van der Waals surface area contributed by atoms with Crippen molar-refractivity contribution in [3.63, 3.8) is 0 Å². The Hall–Kier alpha value is -2.34. The van der Waals surface area contributed by atoms with Crippen molar-refractivity contribution < 1.29 is 9.53 Å². The molecule has 23 heavy (non-hydrogen) atoms. The number of amides is 1. The molecule has 1 aromatic carbocycles. The lowest BCUT2D eigenvalue weighted by Gasteiger charge is -2.34. The van der Waals surface area contributed by atoms with Crippen LogP contribution in [0.5, 0.6) is 5.75 Å². The number of fused-ring (bicyclic) bond motifs is 1. The van der Waals surface area contributed by atoms with Crippen LogP contribution in [0.25, 0.3) is 10.9 Å². The first-order chi connectivity index (χ1) is 11.1. The molecule has 2 heterocycles. The van der Waals surface area contributed by atoms with E-state index in [2.05, 4.69) is 9.88 Å². The van der Waals surface area contributed by atoms with Gasteiger partial charge in [-0.1, -0.05) is 0 Å². The molecule has 0 aliphatic carbocycles. The second-order valence-corrected chi connectivity index (χ2v) is 5.86. The number of ether oxygens (including phenoxy) is 1. The predicted molar refractivity (Wildman–Crippen MR) is 88.7 cm³/mol. The molecule has 0 atom stereocenters. The van der Waals surface area contributed by atoms with Crippen LogP contribution < -0.4 is 10.3 Å². The molecule has 1 N–H and O–H groups in total. The number of benzene rings is 1. The van der Waals surface area contributed by atoms with Gasteiger partial charge in [0.2, 0.25) is 5.91 Å². The number of H-pyrrole nitrogens is 1. The fourth-order valence-electron chi connectivity index (χ4n) is 2.94. The number of aromatic nitrogens is 1. The number of carbonyl (C=O) groups excluding carboxylic acids is 1. The lowest BCUT2D eigenvalue weighted by atomic mass is 10.1. The van der Waals surface area contributed by atoms with Crippen LogP contribution in [-0.4, -0.2) is 54.0 Å². The fraction of sp³-hybridized carbons (Fsp3) is 0.412. The Morgan fingerprint density at radius 2 is 1.96 bits per heavy atom. The summed E-state index contributed by atoms with van der Waals surface area (Å²) in [5, 5.41) is 0.960. The van der Waals surface area contributed by atoms with E-state index in [-0.39, 0.29) is 11.5 Å². The number of aromatic amines is 1. The average Bonchev–Trinajstić information content (AvgIpc) is 2.55. The van der Waals surface area contributed by atoms with Gasteiger partial charge >= 0.3 is 0 Å². The molecule has 0 spiro atoms. The van der Waals surface area contributed by atoms with E-state index in [9.17, 15) is 9.59 Å². The number of nitrogens with zero attached hydrogens (tertiary/aromatic N) is 2. The SMILES string of the molecule is COc1ccc2[nH]c(=O)c(CN3CCN(C(C)=O)CC3)cc2c1. The van der Waals surface area contributed by atoms with Crippen LogP contribution in [-0.2, 0) is 11.3 Å². The Labute approximate surface area is 134 Å². The topological polar surface area (TPSA) is 65.6 Å². The van der Waals surface area contributed by atoms with E-state index in [0.29, 0.717) is 19.6 Å². The Bertz CT molecular complexity index is 776. The highest BCUT2D eigenvalue weighted by molar-refractivity contribution is 5.80. The number of hydrogen-bond acceptors (Lipinski definition) is 4. The van der Waals surface area contributed by atoms with Crippen LogP contribution in [0.2, 0.25) is 0 Å². The second kappa shape index (κ2) is 6.42. The minimum atomic E-state index is -0.0586. The summed E-state index contributed by atoms with van der Waals surface area (Å²) in [6.07, 6.45) is 0. The summed E-state index contributed by atoms with van der Waals surface area (Å²) in [5.74, 6) is 0.880. The first-order valence-corrected chi connectivity index (χ1v) is 7.74. The molecule has 0 saturated carbocycles. The Morgan fingerprint density at radius 1 is 1.22 bits per heavy atom. The van der Waals surface area contributed by atoms with E-state index in [1.807, 2.05) is 29.2 Å². The van der Waals surface area contributed by atoms with E-state index in [1.165, 1.54) is 0 Å². The quantitative estimate of drug-likeness (QED) is 0.924. The summed E-state index contributed by atoms with van der Waals surface area (Å²) in [4.78, 5) is 30.6. The molecule has 6 heteroatoms. The standard InChI is InChI=1S/C17H21N3O3/c1-12(21)20-7-5-19(6-8-20)11-14-9-13-10-15(23-2)3-4-16(13)18-17(14)22/h3-4,9-10H,5-8,11H2,1-2H3,(H,18,22). The molecule has 3 rings (SSSR count). The first kappa shape index (κ1) is 15.6. The Kier molecular flexibility index (Phi) is 4.34. The molecule has 1 amide bonds. The van der Waals surface area contributed by atoms with E-state index >= 15 is 0 Å². The van der Waals surface area contributed by atoms with Gasteiger partial charge in [-0.15, -0.1) is 0 Å². The van der Waals surface area contributed by atoms with Crippen molar-refractivity contribution in [3.8, 4) is 5.75 Å². The van der Waals surface area contributed by atoms with Crippen LogP contribution in [0.4, 0.5) is 0 Å². The normalized spacial score (nSPS) is 15.8. The number of hydrogen-bond donors (Lipinski definition) is 1. The molecule has 0 radical (unpaired) electrons. The van der Waals surface area contributed by atoms with E-state index in [0.717, 1.165) is 35.3 Å². The Balaban J connectivity index is 1.79. The molecule has 2 aromatic rings. The third kappa shape index (κ3) is 3.37. The highest BCUT2D eigenvalue weighted by atomic mass is 16.5. The zero-order valence-electron chi connectivity index (χ0n) is 13.5. The molecular weight excluding hydrogens is 294 g/mol. The molecule has 1 fully saturated rings. The number of piperazine rings is 1. The fourth-order valence-corrected chi connectivity index (χ4v) is 2.94. The minimum Gasteiger partial charge on any atom is -0.497 e. The van der Waals surface area contributed by atoms with E-state index < -0.39 is 0 Å². The Morgan fingerprint density at radius 3 is 2.61 bits per heavy atom. The van der Waals surface area contributed by atoms with Crippen molar-refractivity contribution in [1.82, 2.24) is 14.8 Å². The van der Waals surface area contributed by atoms with Gasteiger partial charge in [0.05, 0.1) is 7.11 Å². The van der Waals surface area contributed by atoms with Crippen molar-refractivity contribution >= 4 is 16.8 Å². The van der Waals surface area contributed by atoms with Gasteiger partial charge in [0.1, 0.15) is 5.75 Å². The molecular formula is C17H21N3O3. The zero-order valence-corrected chi connectivity index (χ0v) is 13.5. The van der Waals surface area contributed by atoms with Crippen LogP contribution in [0, 0.1) is 0 Å². The summed E-state index contributed by atoms with van der Waals surface area (Å²) in [6.45, 7) is 5.19. The van der Waals surface area contributed by atoms with Crippen molar-refractivity contribution in [2.45, 2.75) is 13.5 Å². The summed E-state index contributed by atoms with van der Waals surface area (Å²) < 4.78 is 5.24. The van der Waals surface area contributed by atoms with Crippen molar-refractivity contribution in [2.24, 2.45) is 0 Å². The number of rotatable bonds is 3. The molecule has 0 unspecified atom stereocenters. The highest BCUT2D eigenvalue weighted by Crippen LogP contribution is 2.19. The smallest absolute Gasteiger partial charge is 0.252 e. The molecule has 6 nitrogen and oxygen atoms in total. The molecule has 1 aliphatic heterocycles. The van der Waals surface area contributed by atoms with E-state index in [1.54, 1.807) is 14.0 Å². The maximum atomic E-state index is 12.3. The molecule has 1 aliphatic rings. The van der Waals surface area contributed by atoms with Gasteiger partial charge in [0.25, 0.3) is 5.56 Å². The second-order valence-electron chi connectivity index (χ2n) is 5.86. The van der Waals surface area contributed by atoms with Gasteiger partial charge in [0.15, 0.2) is 0 Å². The van der Waals surface area contributed by atoms with Crippen molar-refractivity contribution in [3.05, 3.63) is 40.2 Å². The molecule has 0 bridgehead atoms. The number of methoxy groups -OCH3 is 1. The lowest BCUT2D eigenvalue weighted by Crippen LogP contribution is -2.47. The third-order valence-corrected chi connectivity index (χ3v) is 4.34. The molecule has 1 aromatic heterocycles. The van der Waals surface area contributed by atoms with Gasteiger partial charge in [-0.2, -0.15) is 0 Å². The predicted octanol–water partition coefficient (Wildman–Crippen LogP) is 1.20. The van der Waals surface area contributed by atoms with Crippen molar-refractivity contribution in [1.29, 1.82) is 0 Å². The van der Waals surface area contributed by atoms with Gasteiger partial charge in [-0.05, 0) is 24.3 Å². The largest absolute Gasteiger partial charge is 0.497 e. The van der Waals surface area contributed by atoms with Crippen LogP contribution in [0.15, 0.2) is 29.1 Å². The van der Waals surface area contributed by atoms with Crippen molar-refractivity contribution in [2.75, 3.05) is 33.3 Å². The van der Waals surface area contributed by atoms with Gasteiger partial charge in [0, 0.05) is 56.1 Å². The van der Waals surface area contributed by atoms with Crippen LogP contribution >= 0.6 is 0 Å². The molecule has 1 saturated heterocycles. The summed E-state index contributed by atoms with van der Waals surface area (Å²) in [5.41, 5.74) is 1.49. The maximum absolute atomic E-state index is 12.3. The van der Waals surface area contributed by atoms with E-state index in [4.69, 9.17) is 4.74 Å². The van der Waals surface area contributed by atoms with Crippen LogP contribution in [0.3, 0.4) is 0 Å². The first-order valence-electron chi connectivity index (χ1n) is 7.74. The van der Waals surface area contributed by atoms with Gasteiger partial charge < -0.3 is 14.6 Å². The number of pyridine rings is 1. The number of nitrogens with one attached hydrogen (secondary N) is 1. The minimum absolute atomic E-state index is 0.0586. The number of carbonyl (C=O) groups is 1.